The van der Waals surface area contributed by atoms with Crippen molar-refractivity contribution in [1.29, 1.82) is 0 Å². The van der Waals surface area contributed by atoms with Crippen molar-refractivity contribution in [2.45, 2.75) is 6.92 Å². The maximum absolute atomic E-state index is 13.3. The summed E-state index contributed by atoms with van der Waals surface area (Å²) in [6.07, 6.45) is 0. The van der Waals surface area contributed by atoms with Gasteiger partial charge in [0, 0.05) is 25.3 Å². The van der Waals surface area contributed by atoms with E-state index in [4.69, 9.17) is 4.74 Å². The van der Waals surface area contributed by atoms with Crippen molar-refractivity contribution in [1.82, 2.24) is 5.32 Å². The lowest BCUT2D eigenvalue weighted by Crippen LogP contribution is -2.28. The van der Waals surface area contributed by atoms with E-state index in [0.717, 1.165) is 18.2 Å². The Morgan fingerprint density at radius 1 is 1.56 bits per heavy atom. The standard InChI is InChI=1S/C11H13FN2O4/c1-2-18-6-5-13-11(15)9-7-8(14(16)17)3-4-10(9)12/h3-4,7H,2,5-6H2,1H3,(H,13,15). The zero-order valence-corrected chi connectivity index (χ0v) is 9.81. The highest BCUT2D eigenvalue weighted by atomic mass is 19.1. The Labute approximate surface area is 103 Å². The molecule has 7 heteroatoms. The number of rotatable bonds is 6. The number of nitro benzene ring substituents is 1. The lowest BCUT2D eigenvalue weighted by molar-refractivity contribution is -0.384. The van der Waals surface area contributed by atoms with Crippen molar-refractivity contribution in [2.24, 2.45) is 0 Å². The number of ether oxygens (including phenoxy) is 1. The largest absolute Gasteiger partial charge is 0.380 e. The molecule has 0 aliphatic carbocycles. The molecule has 1 amide bonds. The van der Waals surface area contributed by atoms with Crippen LogP contribution >= 0.6 is 0 Å². The predicted octanol–water partition coefficient (Wildman–Crippen LogP) is 1.50. The minimum atomic E-state index is -0.797. The average Bonchev–Trinajstić information content (AvgIpc) is 2.34. The number of hydrogen-bond acceptors (Lipinski definition) is 4. The monoisotopic (exact) mass is 256 g/mol. The average molecular weight is 256 g/mol. The Morgan fingerprint density at radius 2 is 2.28 bits per heavy atom. The molecule has 0 saturated carbocycles. The summed E-state index contributed by atoms with van der Waals surface area (Å²) in [4.78, 5) is 21.4. The molecule has 0 unspecified atom stereocenters. The van der Waals surface area contributed by atoms with Crippen LogP contribution in [0.15, 0.2) is 18.2 Å². The van der Waals surface area contributed by atoms with Gasteiger partial charge >= 0.3 is 0 Å². The number of carbonyl (C=O) groups is 1. The van der Waals surface area contributed by atoms with E-state index < -0.39 is 16.6 Å². The Morgan fingerprint density at radius 3 is 2.89 bits per heavy atom. The minimum absolute atomic E-state index is 0.217. The van der Waals surface area contributed by atoms with Crippen LogP contribution in [0, 0.1) is 15.9 Å². The van der Waals surface area contributed by atoms with Crippen LogP contribution in [0.3, 0.4) is 0 Å². The molecule has 1 rings (SSSR count). The third-order valence-electron chi connectivity index (χ3n) is 2.14. The molecular weight excluding hydrogens is 243 g/mol. The second-order valence-corrected chi connectivity index (χ2v) is 3.37. The zero-order valence-electron chi connectivity index (χ0n) is 9.81. The topological polar surface area (TPSA) is 81.5 Å². The lowest BCUT2D eigenvalue weighted by atomic mass is 10.1. The van der Waals surface area contributed by atoms with Crippen molar-refractivity contribution in [3.8, 4) is 0 Å². The molecule has 0 fully saturated rings. The highest BCUT2D eigenvalue weighted by molar-refractivity contribution is 5.95. The van der Waals surface area contributed by atoms with Gasteiger partial charge in [-0.2, -0.15) is 0 Å². The molecule has 0 atom stereocenters. The third-order valence-corrected chi connectivity index (χ3v) is 2.14. The van der Waals surface area contributed by atoms with Crippen LogP contribution in [-0.4, -0.2) is 30.6 Å². The van der Waals surface area contributed by atoms with Crippen LogP contribution in [0.5, 0.6) is 0 Å². The summed E-state index contributed by atoms with van der Waals surface area (Å²) in [6, 6.07) is 2.81. The first-order chi connectivity index (χ1) is 8.56. The van der Waals surface area contributed by atoms with E-state index in [1.807, 2.05) is 6.92 Å². The van der Waals surface area contributed by atoms with E-state index in [2.05, 4.69) is 5.32 Å². The molecule has 0 bridgehead atoms. The van der Waals surface area contributed by atoms with Gasteiger partial charge in [-0.3, -0.25) is 14.9 Å². The number of amides is 1. The van der Waals surface area contributed by atoms with E-state index in [1.165, 1.54) is 0 Å². The fourth-order valence-electron chi connectivity index (χ4n) is 1.28. The van der Waals surface area contributed by atoms with E-state index >= 15 is 0 Å². The van der Waals surface area contributed by atoms with Crippen molar-refractivity contribution < 1.29 is 18.8 Å². The first kappa shape index (κ1) is 14.0. The molecule has 0 heterocycles. The second kappa shape index (κ2) is 6.65. The Bertz CT molecular complexity index is 451. The Hall–Kier alpha value is -2.02. The number of nitrogens with zero attached hydrogens (tertiary/aromatic N) is 1. The van der Waals surface area contributed by atoms with Crippen LogP contribution < -0.4 is 5.32 Å². The fourth-order valence-corrected chi connectivity index (χ4v) is 1.28. The summed E-state index contributed by atoms with van der Waals surface area (Å²) >= 11 is 0. The van der Waals surface area contributed by atoms with Gasteiger partial charge in [-0.05, 0) is 13.0 Å². The van der Waals surface area contributed by atoms with E-state index in [9.17, 15) is 19.3 Å². The smallest absolute Gasteiger partial charge is 0.270 e. The lowest BCUT2D eigenvalue weighted by Gasteiger charge is -2.06. The van der Waals surface area contributed by atoms with Crippen molar-refractivity contribution in [3.63, 3.8) is 0 Å². The molecule has 0 radical (unpaired) electrons. The molecule has 1 aromatic rings. The molecule has 0 aliphatic heterocycles. The van der Waals surface area contributed by atoms with Crippen molar-refractivity contribution in [3.05, 3.63) is 39.7 Å². The van der Waals surface area contributed by atoms with Gasteiger partial charge in [-0.15, -0.1) is 0 Å². The highest BCUT2D eigenvalue weighted by Crippen LogP contribution is 2.16. The van der Waals surface area contributed by atoms with Gasteiger partial charge < -0.3 is 10.1 Å². The van der Waals surface area contributed by atoms with Crippen LogP contribution in [0.1, 0.15) is 17.3 Å². The summed E-state index contributed by atoms with van der Waals surface area (Å²) in [7, 11) is 0. The van der Waals surface area contributed by atoms with Crippen molar-refractivity contribution >= 4 is 11.6 Å². The van der Waals surface area contributed by atoms with Gasteiger partial charge in [0.1, 0.15) is 5.82 Å². The number of hydrogen-bond donors (Lipinski definition) is 1. The summed E-state index contributed by atoms with van der Waals surface area (Å²) in [5, 5.41) is 12.9. The summed E-state index contributed by atoms with van der Waals surface area (Å²) in [6.45, 7) is 2.84. The molecule has 1 N–H and O–H groups in total. The zero-order chi connectivity index (χ0) is 13.5. The molecule has 0 saturated heterocycles. The molecule has 18 heavy (non-hydrogen) atoms. The molecule has 0 aliphatic rings. The minimum Gasteiger partial charge on any atom is -0.380 e. The molecule has 98 valence electrons. The van der Waals surface area contributed by atoms with Gasteiger partial charge in [0.15, 0.2) is 0 Å². The first-order valence-electron chi connectivity index (χ1n) is 5.36. The summed E-state index contributed by atoms with van der Waals surface area (Å²) in [5.74, 6) is -1.49. The van der Waals surface area contributed by atoms with Gasteiger partial charge in [-0.1, -0.05) is 0 Å². The van der Waals surface area contributed by atoms with Gasteiger partial charge in [-0.25, -0.2) is 4.39 Å². The number of benzene rings is 1. The maximum Gasteiger partial charge on any atom is 0.270 e. The molecule has 0 aromatic heterocycles. The van der Waals surface area contributed by atoms with E-state index in [1.54, 1.807) is 0 Å². The normalized spacial score (nSPS) is 10.1. The quantitative estimate of drug-likeness (QED) is 0.475. The van der Waals surface area contributed by atoms with Crippen LogP contribution in [0.25, 0.3) is 0 Å². The van der Waals surface area contributed by atoms with Gasteiger partial charge in [0.25, 0.3) is 11.6 Å². The SMILES string of the molecule is CCOCCNC(=O)c1cc([N+](=O)[O-])ccc1F. The molecular formula is C11H13FN2O4. The van der Waals surface area contributed by atoms with Crippen LogP contribution in [0.2, 0.25) is 0 Å². The number of halogens is 1. The number of nitrogens with one attached hydrogen (secondary N) is 1. The molecule has 6 nitrogen and oxygen atoms in total. The predicted molar refractivity (Wildman–Crippen MR) is 61.9 cm³/mol. The van der Waals surface area contributed by atoms with Crippen molar-refractivity contribution in [2.75, 3.05) is 19.8 Å². The number of carbonyl (C=O) groups excluding carboxylic acids is 1. The molecule has 1 aromatic carbocycles. The summed E-state index contributed by atoms with van der Waals surface area (Å²) in [5.41, 5.74) is -0.674. The highest BCUT2D eigenvalue weighted by Gasteiger charge is 2.16. The summed E-state index contributed by atoms with van der Waals surface area (Å²) < 4.78 is 18.3. The Kier molecular flexibility index (Phi) is 5.19. The molecule has 0 spiro atoms. The Balaban J connectivity index is 2.72. The van der Waals surface area contributed by atoms with Crippen LogP contribution in [-0.2, 0) is 4.74 Å². The maximum atomic E-state index is 13.3. The van der Waals surface area contributed by atoms with Gasteiger partial charge in [0.2, 0.25) is 0 Å². The number of nitro groups is 1. The second-order valence-electron chi connectivity index (χ2n) is 3.37. The van der Waals surface area contributed by atoms with E-state index in [-0.39, 0.29) is 17.8 Å². The first-order valence-corrected chi connectivity index (χ1v) is 5.36. The van der Waals surface area contributed by atoms with E-state index in [0.29, 0.717) is 13.2 Å². The fraction of sp³-hybridized carbons (Fsp3) is 0.364. The van der Waals surface area contributed by atoms with Gasteiger partial charge in [0.05, 0.1) is 17.1 Å². The number of non-ortho nitro benzene ring substituents is 1. The van der Waals surface area contributed by atoms with Crippen LogP contribution in [0.4, 0.5) is 10.1 Å². The third kappa shape index (κ3) is 3.77.